The van der Waals surface area contributed by atoms with E-state index in [0.717, 1.165) is 5.56 Å². The zero-order valence-corrected chi connectivity index (χ0v) is 7.33. The van der Waals surface area contributed by atoms with Gasteiger partial charge < -0.3 is 16.6 Å². The maximum atomic E-state index is 9.45. The summed E-state index contributed by atoms with van der Waals surface area (Å²) in [5, 5.41) is 9.45. The second kappa shape index (κ2) is 2.93. The Bertz CT molecular complexity index is 295. The lowest BCUT2D eigenvalue weighted by atomic mass is 9.99. The zero-order chi connectivity index (χ0) is 9.30. The van der Waals surface area contributed by atoms with Gasteiger partial charge in [-0.05, 0) is 18.1 Å². The first-order valence-electron chi connectivity index (χ1n) is 3.91. The van der Waals surface area contributed by atoms with Crippen molar-refractivity contribution in [3.63, 3.8) is 0 Å². The van der Waals surface area contributed by atoms with E-state index < -0.39 is 0 Å². The molecular formula is C9H14N2O. The molecule has 0 unspecified atom stereocenters. The van der Waals surface area contributed by atoms with Gasteiger partial charge in [0.25, 0.3) is 0 Å². The van der Waals surface area contributed by atoms with Crippen LogP contribution in [0.3, 0.4) is 0 Å². The highest BCUT2D eigenvalue weighted by Crippen LogP contribution is 2.34. The van der Waals surface area contributed by atoms with Crippen LogP contribution in [0.2, 0.25) is 0 Å². The van der Waals surface area contributed by atoms with Crippen LogP contribution in [0.5, 0.6) is 5.75 Å². The van der Waals surface area contributed by atoms with E-state index in [1.165, 1.54) is 0 Å². The van der Waals surface area contributed by atoms with Crippen LogP contribution in [-0.2, 0) is 0 Å². The van der Waals surface area contributed by atoms with Crippen LogP contribution >= 0.6 is 0 Å². The number of hydrogen-bond acceptors (Lipinski definition) is 3. The number of aromatic hydroxyl groups is 1. The molecule has 0 bridgehead atoms. The fraction of sp³-hybridized carbons (Fsp3) is 0.333. The van der Waals surface area contributed by atoms with E-state index in [9.17, 15) is 5.11 Å². The third kappa shape index (κ3) is 1.30. The second-order valence-corrected chi connectivity index (χ2v) is 3.16. The fourth-order valence-corrected chi connectivity index (χ4v) is 1.25. The number of phenolic OH excluding ortho intramolecular Hbond substituents is 1. The van der Waals surface area contributed by atoms with E-state index in [1.54, 1.807) is 12.1 Å². The molecular weight excluding hydrogens is 152 g/mol. The van der Waals surface area contributed by atoms with Gasteiger partial charge in [0.1, 0.15) is 5.75 Å². The van der Waals surface area contributed by atoms with Gasteiger partial charge in [-0.15, -0.1) is 0 Å². The first-order valence-corrected chi connectivity index (χ1v) is 3.91. The van der Waals surface area contributed by atoms with Crippen molar-refractivity contribution in [3.8, 4) is 5.75 Å². The number of benzene rings is 1. The Morgan fingerprint density at radius 1 is 1.25 bits per heavy atom. The van der Waals surface area contributed by atoms with Crippen molar-refractivity contribution in [2.24, 2.45) is 0 Å². The minimum Gasteiger partial charge on any atom is -0.508 e. The Kier molecular flexibility index (Phi) is 2.13. The maximum Gasteiger partial charge on any atom is 0.121 e. The molecule has 0 fully saturated rings. The van der Waals surface area contributed by atoms with E-state index in [0.29, 0.717) is 11.4 Å². The number of phenols is 1. The Morgan fingerprint density at radius 2 is 1.83 bits per heavy atom. The summed E-state index contributed by atoms with van der Waals surface area (Å²) in [6.07, 6.45) is 0. The zero-order valence-electron chi connectivity index (χ0n) is 7.33. The molecule has 0 saturated carbocycles. The summed E-state index contributed by atoms with van der Waals surface area (Å²) in [7, 11) is 0. The van der Waals surface area contributed by atoms with Crippen LogP contribution in [0.1, 0.15) is 25.3 Å². The summed E-state index contributed by atoms with van der Waals surface area (Å²) >= 11 is 0. The molecule has 0 aliphatic heterocycles. The van der Waals surface area contributed by atoms with Crippen molar-refractivity contribution in [3.05, 3.63) is 17.7 Å². The van der Waals surface area contributed by atoms with Crippen molar-refractivity contribution in [2.45, 2.75) is 19.8 Å². The van der Waals surface area contributed by atoms with Gasteiger partial charge in [0.15, 0.2) is 0 Å². The lowest BCUT2D eigenvalue weighted by Gasteiger charge is -2.12. The molecule has 0 aliphatic rings. The summed E-state index contributed by atoms with van der Waals surface area (Å²) in [5.74, 6) is 0.408. The number of rotatable bonds is 1. The number of nitrogen functional groups attached to an aromatic ring is 2. The maximum absolute atomic E-state index is 9.45. The third-order valence-electron chi connectivity index (χ3n) is 1.88. The molecule has 1 aromatic rings. The molecule has 3 nitrogen and oxygen atoms in total. The van der Waals surface area contributed by atoms with Crippen molar-refractivity contribution >= 4 is 11.4 Å². The van der Waals surface area contributed by atoms with Crippen LogP contribution < -0.4 is 11.5 Å². The van der Waals surface area contributed by atoms with Crippen molar-refractivity contribution < 1.29 is 5.11 Å². The van der Waals surface area contributed by atoms with E-state index in [4.69, 9.17) is 11.5 Å². The summed E-state index contributed by atoms with van der Waals surface area (Å²) in [4.78, 5) is 0. The van der Waals surface area contributed by atoms with E-state index in [-0.39, 0.29) is 11.7 Å². The topological polar surface area (TPSA) is 72.3 Å². The molecule has 66 valence electrons. The molecule has 0 aromatic heterocycles. The molecule has 5 N–H and O–H groups in total. The molecule has 12 heavy (non-hydrogen) atoms. The lowest BCUT2D eigenvalue weighted by Crippen LogP contribution is -2.01. The molecule has 0 atom stereocenters. The minimum atomic E-state index is 0.188. The average molecular weight is 166 g/mol. The molecule has 0 heterocycles. The molecule has 0 amide bonds. The van der Waals surface area contributed by atoms with Gasteiger partial charge in [0.05, 0.1) is 11.4 Å². The van der Waals surface area contributed by atoms with Crippen LogP contribution in [0.15, 0.2) is 12.1 Å². The summed E-state index contributed by atoms with van der Waals surface area (Å²) in [5.41, 5.74) is 13.0. The second-order valence-electron chi connectivity index (χ2n) is 3.16. The summed E-state index contributed by atoms with van der Waals surface area (Å²) < 4.78 is 0. The largest absolute Gasteiger partial charge is 0.508 e. The smallest absolute Gasteiger partial charge is 0.121 e. The predicted octanol–water partition coefficient (Wildman–Crippen LogP) is 1.68. The Labute approximate surface area is 72.0 Å². The molecule has 0 spiro atoms. The number of hydrogen-bond donors (Lipinski definition) is 3. The SMILES string of the molecule is CC(C)c1c(O)ccc(N)c1N. The van der Waals surface area contributed by atoms with Crippen molar-refractivity contribution in [1.29, 1.82) is 0 Å². The molecule has 1 rings (SSSR count). The van der Waals surface area contributed by atoms with Gasteiger partial charge in [-0.25, -0.2) is 0 Å². The molecule has 1 aromatic carbocycles. The Balaban J connectivity index is 3.33. The minimum absolute atomic E-state index is 0.188. The fourth-order valence-electron chi connectivity index (χ4n) is 1.25. The number of nitrogens with two attached hydrogens (primary N) is 2. The van der Waals surface area contributed by atoms with Crippen LogP contribution in [0, 0.1) is 0 Å². The standard InChI is InChI=1S/C9H14N2O/c1-5(2)8-7(12)4-3-6(10)9(8)11/h3-5,12H,10-11H2,1-2H3. The predicted molar refractivity (Wildman–Crippen MR) is 51.0 cm³/mol. The molecule has 0 aliphatic carbocycles. The van der Waals surface area contributed by atoms with Gasteiger partial charge in [0.2, 0.25) is 0 Å². The van der Waals surface area contributed by atoms with Crippen molar-refractivity contribution in [2.75, 3.05) is 11.5 Å². The normalized spacial score (nSPS) is 10.6. The summed E-state index contributed by atoms with van der Waals surface area (Å²) in [6, 6.07) is 3.18. The Morgan fingerprint density at radius 3 is 2.25 bits per heavy atom. The Hall–Kier alpha value is -1.38. The third-order valence-corrected chi connectivity index (χ3v) is 1.88. The van der Waals surface area contributed by atoms with Gasteiger partial charge in [-0.2, -0.15) is 0 Å². The summed E-state index contributed by atoms with van der Waals surface area (Å²) in [6.45, 7) is 3.93. The quantitative estimate of drug-likeness (QED) is 0.439. The number of anilines is 2. The van der Waals surface area contributed by atoms with Crippen LogP contribution in [0.4, 0.5) is 11.4 Å². The average Bonchev–Trinajstić information content (AvgIpc) is 1.97. The van der Waals surface area contributed by atoms with Crippen LogP contribution in [-0.4, -0.2) is 5.11 Å². The molecule has 0 radical (unpaired) electrons. The first kappa shape index (κ1) is 8.71. The van der Waals surface area contributed by atoms with E-state index >= 15 is 0 Å². The van der Waals surface area contributed by atoms with Crippen LogP contribution in [0.25, 0.3) is 0 Å². The monoisotopic (exact) mass is 166 g/mol. The lowest BCUT2D eigenvalue weighted by molar-refractivity contribution is 0.465. The highest BCUT2D eigenvalue weighted by Gasteiger charge is 2.11. The van der Waals surface area contributed by atoms with Crippen molar-refractivity contribution in [1.82, 2.24) is 0 Å². The highest BCUT2D eigenvalue weighted by atomic mass is 16.3. The van der Waals surface area contributed by atoms with Gasteiger partial charge in [0, 0.05) is 5.56 Å². The van der Waals surface area contributed by atoms with E-state index in [1.807, 2.05) is 13.8 Å². The highest BCUT2D eigenvalue weighted by molar-refractivity contribution is 5.71. The first-order chi connectivity index (χ1) is 5.54. The molecule has 0 saturated heterocycles. The van der Waals surface area contributed by atoms with Gasteiger partial charge in [-0.1, -0.05) is 13.8 Å². The van der Waals surface area contributed by atoms with E-state index in [2.05, 4.69) is 0 Å². The van der Waals surface area contributed by atoms with Gasteiger partial charge in [-0.3, -0.25) is 0 Å². The van der Waals surface area contributed by atoms with Gasteiger partial charge >= 0.3 is 0 Å². The molecule has 3 heteroatoms.